The summed E-state index contributed by atoms with van der Waals surface area (Å²) in [5.41, 5.74) is 3.27. The van der Waals surface area contributed by atoms with Gasteiger partial charge in [-0.15, -0.1) is 0 Å². The third-order valence-corrected chi connectivity index (χ3v) is 6.13. The average Bonchev–Trinajstić information content (AvgIpc) is 2.99. The van der Waals surface area contributed by atoms with E-state index >= 15 is 0 Å². The second-order valence-corrected chi connectivity index (χ2v) is 8.45. The quantitative estimate of drug-likeness (QED) is 0.694. The maximum atomic E-state index is 13.0. The van der Waals surface area contributed by atoms with Crippen molar-refractivity contribution in [1.29, 1.82) is 0 Å². The molecule has 1 heterocycles. The highest BCUT2D eigenvalue weighted by Crippen LogP contribution is 2.38. The third-order valence-electron chi connectivity index (χ3n) is 6.13. The fourth-order valence-electron chi connectivity index (χ4n) is 4.64. The molecule has 0 bridgehead atoms. The molecule has 0 radical (unpaired) electrons. The summed E-state index contributed by atoms with van der Waals surface area (Å²) in [4.78, 5) is 29.9. The first-order valence-electron chi connectivity index (χ1n) is 11.1. The molecule has 29 heavy (non-hydrogen) atoms. The summed E-state index contributed by atoms with van der Waals surface area (Å²) in [6, 6.07) is 10.8. The van der Waals surface area contributed by atoms with Crippen molar-refractivity contribution >= 4 is 11.8 Å². The Morgan fingerprint density at radius 1 is 1.24 bits per heavy atom. The van der Waals surface area contributed by atoms with Gasteiger partial charge in [-0.2, -0.15) is 0 Å². The van der Waals surface area contributed by atoms with E-state index in [2.05, 4.69) is 55.3 Å². The first-order chi connectivity index (χ1) is 14.0. The molecule has 1 saturated carbocycles. The van der Waals surface area contributed by atoms with Crippen LogP contribution in [0.25, 0.3) is 0 Å². The second kappa shape index (κ2) is 10.1. The van der Waals surface area contributed by atoms with Gasteiger partial charge in [0.15, 0.2) is 0 Å². The van der Waals surface area contributed by atoms with E-state index in [1.807, 2.05) is 11.0 Å². The lowest BCUT2D eigenvalue weighted by Gasteiger charge is -2.33. The van der Waals surface area contributed by atoms with Crippen molar-refractivity contribution in [2.24, 2.45) is 0 Å². The van der Waals surface area contributed by atoms with Crippen LogP contribution in [0.5, 0.6) is 0 Å². The number of rotatable bonds is 9. The molecule has 3 rings (SSSR count). The summed E-state index contributed by atoms with van der Waals surface area (Å²) in [6.07, 6.45) is 4.51. The minimum atomic E-state index is -0.0356. The van der Waals surface area contributed by atoms with Gasteiger partial charge in [-0.05, 0) is 50.8 Å². The molecule has 1 aliphatic heterocycles. The molecule has 0 spiro atoms. The van der Waals surface area contributed by atoms with Gasteiger partial charge < -0.3 is 10.2 Å². The van der Waals surface area contributed by atoms with Gasteiger partial charge in [-0.25, -0.2) is 0 Å². The van der Waals surface area contributed by atoms with Crippen LogP contribution in [-0.4, -0.2) is 53.3 Å². The number of carbonyl (C=O) groups excluding carboxylic acids is 2. The predicted molar refractivity (Wildman–Crippen MR) is 116 cm³/mol. The van der Waals surface area contributed by atoms with Crippen molar-refractivity contribution in [3.05, 3.63) is 47.0 Å². The van der Waals surface area contributed by atoms with Gasteiger partial charge in [0.1, 0.15) is 0 Å². The van der Waals surface area contributed by atoms with Crippen molar-refractivity contribution in [3.8, 4) is 0 Å². The molecule has 1 unspecified atom stereocenters. The second-order valence-electron chi connectivity index (χ2n) is 8.45. The van der Waals surface area contributed by atoms with E-state index in [9.17, 15) is 9.59 Å². The number of carbonyl (C=O) groups is 2. The normalized spacial score (nSPS) is 19.3. The predicted octanol–water partition coefficient (Wildman–Crippen LogP) is 3.50. The van der Waals surface area contributed by atoms with E-state index in [0.29, 0.717) is 6.54 Å². The number of nitrogens with one attached hydrogen (secondary N) is 1. The van der Waals surface area contributed by atoms with Crippen molar-refractivity contribution in [1.82, 2.24) is 15.1 Å². The number of amides is 2. The van der Waals surface area contributed by atoms with Crippen LogP contribution in [0.4, 0.5) is 0 Å². The summed E-state index contributed by atoms with van der Waals surface area (Å²) in [5.74, 6) is 0.0443. The van der Waals surface area contributed by atoms with Crippen molar-refractivity contribution in [2.75, 3.05) is 19.6 Å². The molecule has 2 aliphatic rings. The summed E-state index contributed by atoms with van der Waals surface area (Å²) >= 11 is 0. The summed E-state index contributed by atoms with van der Waals surface area (Å²) in [7, 11) is 0. The maximum absolute atomic E-state index is 13.0. The molecule has 1 N–H and O–H groups in total. The van der Waals surface area contributed by atoms with E-state index in [1.165, 1.54) is 17.6 Å². The number of nitrogens with zero attached hydrogens (tertiary/aromatic N) is 2. The summed E-state index contributed by atoms with van der Waals surface area (Å²) < 4.78 is 0. The van der Waals surface area contributed by atoms with Gasteiger partial charge in [-0.1, -0.05) is 43.7 Å². The zero-order valence-electron chi connectivity index (χ0n) is 18.1. The van der Waals surface area contributed by atoms with E-state index in [-0.39, 0.29) is 30.3 Å². The molecule has 158 valence electrons. The molecule has 0 saturated heterocycles. The zero-order valence-corrected chi connectivity index (χ0v) is 18.1. The van der Waals surface area contributed by atoms with Crippen LogP contribution in [0.2, 0.25) is 0 Å². The molecule has 1 aliphatic carbocycles. The van der Waals surface area contributed by atoms with Gasteiger partial charge in [0, 0.05) is 31.2 Å². The molecule has 1 aromatic rings. The monoisotopic (exact) mass is 397 g/mol. The molecule has 5 heteroatoms. The number of hydrogen-bond donors (Lipinski definition) is 1. The van der Waals surface area contributed by atoms with Gasteiger partial charge in [0.2, 0.25) is 5.91 Å². The van der Waals surface area contributed by atoms with Crippen LogP contribution in [0, 0.1) is 0 Å². The smallest absolute Gasteiger partial charge is 0.251 e. The first-order valence-corrected chi connectivity index (χ1v) is 11.1. The molecule has 5 nitrogen and oxygen atoms in total. The van der Waals surface area contributed by atoms with Crippen molar-refractivity contribution < 1.29 is 9.59 Å². The highest BCUT2D eigenvalue weighted by Gasteiger charge is 2.41. The Labute approximate surface area is 175 Å². The minimum Gasteiger partial charge on any atom is -0.355 e. The van der Waals surface area contributed by atoms with Crippen LogP contribution in [0.15, 0.2) is 41.5 Å². The molecule has 0 aromatic heterocycles. The van der Waals surface area contributed by atoms with Crippen molar-refractivity contribution in [2.45, 2.75) is 71.5 Å². The van der Waals surface area contributed by atoms with Crippen LogP contribution >= 0.6 is 0 Å². The van der Waals surface area contributed by atoms with E-state index in [1.54, 1.807) is 0 Å². The largest absolute Gasteiger partial charge is 0.355 e. The number of likely N-dealkylation sites (N-methyl/N-ethyl adjacent to an activating group) is 1. The highest BCUT2D eigenvalue weighted by atomic mass is 16.2. The topological polar surface area (TPSA) is 52.7 Å². The number of benzene rings is 1. The fraction of sp³-hybridized carbons (Fsp3) is 0.583. The van der Waals surface area contributed by atoms with Crippen LogP contribution in [0.1, 0.15) is 58.4 Å². The lowest BCUT2D eigenvalue weighted by molar-refractivity contribution is -0.130. The Kier molecular flexibility index (Phi) is 7.48. The third kappa shape index (κ3) is 5.27. The number of fused-ring (bicyclic) bond motifs is 1. The Morgan fingerprint density at radius 2 is 2.00 bits per heavy atom. The maximum Gasteiger partial charge on any atom is 0.251 e. The molecular weight excluding hydrogens is 362 g/mol. The zero-order chi connectivity index (χ0) is 20.8. The first kappa shape index (κ1) is 21.6. The van der Waals surface area contributed by atoms with Crippen LogP contribution < -0.4 is 5.32 Å². The Bertz CT molecular complexity index is 742. The molecule has 1 aromatic carbocycles. The Hall–Kier alpha value is -2.14. The standard InChI is InChI=1S/C24H35N3O2/c1-4-26(17-19-10-6-5-7-11-19)15-14-25-23(28)16-21-20-12-8-9-13-22(20)27(18(2)3)24(21)29/h5-7,10-11,18,22H,4,8-9,12-17H2,1-3H3,(H,25,28). The average molecular weight is 398 g/mol. The van der Waals surface area contributed by atoms with E-state index in [0.717, 1.165) is 44.5 Å². The lowest BCUT2D eigenvalue weighted by atomic mass is 9.88. The molecule has 1 fully saturated rings. The minimum absolute atomic E-state index is 0.0356. The summed E-state index contributed by atoms with van der Waals surface area (Å²) in [6.45, 7) is 9.50. The van der Waals surface area contributed by atoms with Crippen molar-refractivity contribution in [3.63, 3.8) is 0 Å². The Morgan fingerprint density at radius 3 is 2.69 bits per heavy atom. The van der Waals surface area contributed by atoms with Crippen LogP contribution in [-0.2, 0) is 16.1 Å². The lowest BCUT2D eigenvalue weighted by Crippen LogP contribution is -2.42. The molecule has 1 atom stereocenters. The Balaban J connectivity index is 1.52. The fourth-order valence-corrected chi connectivity index (χ4v) is 4.64. The van der Waals surface area contributed by atoms with Crippen LogP contribution in [0.3, 0.4) is 0 Å². The van der Waals surface area contributed by atoms with Gasteiger partial charge in [0.25, 0.3) is 5.91 Å². The van der Waals surface area contributed by atoms with Gasteiger partial charge in [0.05, 0.1) is 12.5 Å². The van der Waals surface area contributed by atoms with E-state index in [4.69, 9.17) is 0 Å². The van der Waals surface area contributed by atoms with Gasteiger partial charge >= 0.3 is 0 Å². The number of hydrogen-bond acceptors (Lipinski definition) is 3. The highest BCUT2D eigenvalue weighted by molar-refractivity contribution is 6.02. The van der Waals surface area contributed by atoms with E-state index < -0.39 is 0 Å². The SMILES string of the molecule is CCN(CCNC(=O)CC1=C2CCCCC2N(C(C)C)C1=O)Cc1ccccc1. The summed E-state index contributed by atoms with van der Waals surface area (Å²) in [5, 5.41) is 3.03. The van der Waals surface area contributed by atoms with Gasteiger partial charge in [-0.3, -0.25) is 14.5 Å². The molecular formula is C24H35N3O2. The molecule has 2 amide bonds.